The van der Waals surface area contributed by atoms with E-state index in [2.05, 4.69) is 15.9 Å². The van der Waals surface area contributed by atoms with E-state index in [-0.39, 0.29) is 5.56 Å². The number of pyridine rings is 1. The Morgan fingerprint density at radius 1 is 1.12 bits per heavy atom. The second kappa shape index (κ2) is 4.99. The van der Waals surface area contributed by atoms with Gasteiger partial charge in [0.2, 0.25) is 0 Å². The van der Waals surface area contributed by atoms with Gasteiger partial charge >= 0.3 is 0 Å². The molecule has 16 heavy (non-hydrogen) atoms. The summed E-state index contributed by atoms with van der Waals surface area (Å²) >= 11 is 3.16. The van der Waals surface area contributed by atoms with Crippen molar-refractivity contribution in [3.05, 3.63) is 69.1 Å². The summed E-state index contributed by atoms with van der Waals surface area (Å²) in [7, 11) is 0. The predicted octanol–water partition coefficient (Wildman–Crippen LogP) is 2.24. The third-order valence-electron chi connectivity index (χ3n) is 2.08. The molecule has 0 aliphatic rings. The molecule has 1 heterocycles. The molecule has 0 aliphatic heterocycles. The molecule has 0 spiro atoms. The zero-order valence-corrected chi connectivity index (χ0v) is 10.1. The van der Waals surface area contributed by atoms with Gasteiger partial charge in [0.1, 0.15) is 6.61 Å². The van der Waals surface area contributed by atoms with Crippen LogP contribution in [0.3, 0.4) is 0 Å². The minimum absolute atomic E-state index is 0.196. The van der Waals surface area contributed by atoms with Gasteiger partial charge in [-0.05, 0) is 33.6 Å². The third-order valence-corrected chi connectivity index (χ3v) is 2.69. The van der Waals surface area contributed by atoms with Crippen molar-refractivity contribution in [1.82, 2.24) is 4.73 Å². The van der Waals surface area contributed by atoms with E-state index < -0.39 is 0 Å². The van der Waals surface area contributed by atoms with Crippen molar-refractivity contribution in [2.45, 2.75) is 6.61 Å². The summed E-state index contributed by atoms with van der Waals surface area (Å²) in [5.74, 6) is 0. The molecule has 0 saturated heterocycles. The van der Waals surface area contributed by atoms with Crippen LogP contribution in [0.2, 0.25) is 0 Å². The van der Waals surface area contributed by atoms with E-state index in [9.17, 15) is 4.79 Å². The van der Waals surface area contributed by atoms with E-state index in [0.29, 0.717) is 11.1 Å². The van der Waals surface area contributed by atoms with Gasteiger partial charge in [0.15, 0.2) is 0 Å². The predicted molar refractivity (Wildman–Crippen MR) is 65.1 cm³/mol. The third kappa shape index (κ3) is 2.52. The van der Waals surface area contributed by atoms with E-state index in [1.807, 2.05) is 30.3 Å². The topological polar surface area (TPSA) is 31.2 Å². The van der Waals surface area contributed by atoms with Crippen LogP contribution in [0, 0.1) is 0 Å². The maximum Gasteiger partial charge on any atom is 0.297 e. The molecular formula is C12H10BrNO2. The first-order valence-electron chi connectivity index (χ1n) is 4.82. The van der Waals surface area contributed by atoms with Gasteiger partial charge in [-0.3, -0.25) is 4.79 Å². The highest BCUT2D eigenvalue weighted by molar-refractivity contribution is 9.10. The lowest BCUT2D eigenvalue weighted by molar-refractivity contribution is 0.0886. The zero-order chi connectivity index (χ0) is 11.4. The summed E-state index contributed by atoms with van der Waals surface area (Å²) in [6.07, 6.45) is 1.59. The number of aromatic nitrogens is 1. The van der Waals surface area contributed by atoms with E-state index >= 15 is 0 Å². The maximum atomic E-state index is 11.6. The Morgan fingerprint density at radius 3 is 2.62 bits per heavy atom. The van der Waals surface area contributed by atoms with Crippen LogP contribution in [-0.4, -0.2) is 4.73 Å². The van der Waals surface area contributed by atoms with Gasteiger partial charge < -0.3 is 4.84 Å². The lowest BCUT2D eigenvalue weighted by atomic mass is 10.2. The highest BCUT2D eigenvalue weighted by Crippen LogP contribution is 2.01. The van der Waals surface area contributed by atoms with Crippen LogP contribution in [0.15, 0.2) is 57.9 Å². The molecule has 0 fully saturated rings. The maximum absolute atomic E-state index is 11.6. The van der Waals surface area contributed by atoms with Crippen LogP contribution in [-0.2, 0) is 6.61 Å². The van der Waals surface area contributed by atoms with Gasteiger partial charge in [0.25, 0.3) is 5.56 Å². The Kier molecular flexibility index (Phi) is 3.41. The first kappa shape index (κ1) is 11.0. The van der Waals surface area contributed by atoms with Crippen LogP contribution in [0.25, 0.3) is 0 Å². The largest absolute Gasteiger partial charge is 0.406 e. The van der Waals surface area contributed by atoms with Gasteiger partial charge in [-0.25, -0.2) is 0 Å². The molecule has 0 unspecified atom stereocenters. The number of benzene rings is 1. The summed E-state index contributed by atoms with van der Waals surface area (Å²) in [5.41, 5.74) is 0.827. The number of halogens is 1. The molecule has 3 nitrogen and oxygen atoms in total. The second-order valence-electron chi connectivity index (χ2n) is 3.25. The minimum Gasteiger partial charge on any atom is -0.406 e. The van der Waals surface area contributed by atoms with Crippen molar-refractivity contribution < 1.29 is 4.84 Å². The van der Waals surface area contributed by atoms with Crippen molar-refractivity contribution in [1.29, 1.82) is 0 Å². The zero-order valence-electron chi connectivity index (χ0n) is 8.47. The lowest BCUT2D eigenvalue weighted by Gasteiger charge is -2.07. The van der Waals surface area contributed by atoms with Gasteiger partial charge in [-0.2, -0.15) is 4.73 Å². The van der Waals surface area contributed by atoms with Crippen LogP contribution >= 0.6 is 15.9 Å². The van der Waals surface area contributed by atoms with Gasteiger partial charge in [0, 0.05) is 6.20 Å². The van der Waals surface area contributed by atoms with E-state index in [0.717, 1.165) is 5.56 Å². The Hall–Kier alpha value is -1.55. The molecular weight excluding hydrogens is 270 g/mol. The first-order chi connectivity index (χ1) is 7.77. The highest BCUT2D eigenvalue weighted by atomic mass is 79.9. The Morgan fingerprint density at radius 2 is 1.88 bits per heavy atom. The summed E-state index contributed by atoms with van der Waals surface area (Å²) in [6, 6.07) is 13.1. The average molecular weight is 280 g/mol. The number of rotatable bonds is 3. The molecule has 0 saturated carbocycles. The van der Waals surface area contributed by atoms with Crippen molar-refractivity contribution in [3.8, 4) is 0 Å². The molecule has 1 aromatic heterocycles. The average Bonchev–Trinajstić information content (AvgIpc) is 2.32. The molecule has 4 heteroatoms. The molecule has 0 amide bonds. The molecule has 82 valence electrons. The molecule has 0 radical (unpaired) electrons. The van der Waals surface area contributed by atoms with Gasteiger partial charge in [-0.1, -0.05) is 30.3 Å². The smallest absolute Gasteiger partial charge is 0.297 e. The summed E-state index contributed by atoms with van der Waals surface area (Å²) in [4.78, 5) is 17.0. The van der Waals surface area contributed by atoms with Gasteiger partial charge in [0.05, 0.1) is 4.47 Å². The molecule has 2 rings (SSSR count). The summed E-state index contributed by atoms with van der Waals surface area (Å²) < 4.78 is 1.71. The second-order valence-corrected chi connectivity index (χ2v) is 4.10. The summed E-state index contributed by atoms with van der Waals surface area (Å²) in [6.45, 7) is 0.372. The first-order valence-corrected chi connectivity index (χ1v) is 5.61. The standard InChI is InChI=1S/C12H10BrNO2/c13-11-7-4-8-14(12(11)15)16-9-10-5-2-1-3-6-10/h1-8H,9H2. The molecule has 0 bridgehead atoms. The number of hydrogen-bond acceptors (Lipinski definition) is 2. The highest BCUT2D eigenvalue weighted by Gasteiger charge is 2.00. The van der Waals surface area contributed by atoms with Crippen molar-refractivity contribution >= 4 is 15.9 Å². The van der Waals surface area contributed by atoms with Crippen LogP contribution in [0.4, 0.5) is 0 Å². The van der Waals surface area contributed by atoms with Crippen LogP contribution in [0.5, 0.6) is 0 Å². The SMILES string of the molecule is O=c1c(Br)cccn1OCc1ccccc1. The fourth-order valence-electron chi connectivity index (χ4n) is 1.27. The van der Waals surface area contributed by atoms with E-state index in [1.165, 1.54) is 4.73 Å². The van der Waals surface area contributed by atoms with Crippen molar-refractivity contribution in [2.24, 2.45) is 0 Å². The van der Waals surface area contributed by atoms with Crippen LogP contribution in [0.1, 0.15) is 5.56 Å². The molecule has 0 atom stereocenters. The Balaban J connectivity index is 2.11. The molecule has 0 aliphatic carbocycles. The lowest BCUT2D eigenvalue weighted by Crippen LogP contribution is -2.26. The fourth-order valence-corrected chi connectivity index (χ4v) is 1.60. The quantitative estimate of drug-likeness (QED) is 0.863. The summed E-state index contributed by atoms with van der Waals surface area (Å²) in [5, 5.41) is 0. The minimum atomic E-state index is -0.196. The fraction of sp³-hybridized carbons (Fsp3) is 0.0833. The monoisotopic (exact) mass is 279 g/mol. The van der Waals surface area contributed by atoms with Crippen molar-refractivity contribution in [2.75, 3.05) is 0 Å². The Bertz CT molecular complexity index is 522. The van der Waals surface area contributed by atoms with E-state index in [4.69, 9.17) is 4.84 Å². The van der Waals surface area contributed by atoms with E-state index in [1.54, 1.807) is 18.3 Å². The van der Waals surface area contributed by atoms with Crippen molar-refractivity contribution in [3.63, 3.8) is 0 Å². The number of hydrogen-bond donors (Lipinski definition) is 0. The molecule has 2 aromatic rings. The van der Waals surface area contributed by atoms with Gasteiger partial charge in [-0.15, -0.1) is 0 Å². The Labute approximate surface area is 101 Å². The molecule has 0 N–H and O–H groups in total. The normalized spacial score (nSPS) is 10.1. The van der Waals surface area contributed by atoms with Crippen LogP contribution < -0.4 is 10.4 Å². The number of nitrogens with zero attached hydrogens (tertiary/aromatic N) is 1. The molecule has 1 aromatic carbocycles.